The van der Waals surface area contributed by atoms with E-state index in [1.165, 1.54) is 13.0 Å². The number of rotatable bonds is 4. The maximum atomic E-state index is 13.7. The minimum Gasteiger partial charge on any atom is -0.234 e. The number of allylic oxidation sites excluding steroid dienone is 6. The molecule has 0 aliphatic rings. The van der Waals surface area contributed by atoms with E-state index in [4.69, 9.17) is 0 Å². The average Bonchev–Trinajstić information content (AvgIpc) is 2.04. The van der Waals surface area contributed by atoms with Crippen LogP contribution in [0.1, 0.15) is 20.8 Å². The van der Waals surface area contributed by atoms with Gasteiger partial charge in [-0.3, -0.25) is 0 Å². The number of hydrogen-bond acceptors (Lipinski definition) is 0. The van der Waals surface area contributed by atoms with E-state index in [2.05, 4.69) is 13.2 Å². The van der Waals surface area contributed by atoms with Gasteiger partial charge in [0, 0.05) is 0 Å². The first-order valence-corrected chi connectivity index (χ1v) is 4.27. The summed E-state index contributed by atoms with van der Waals surface area (Å²) in [5.74, 6) is 0. The van der Waals surface area contributed by atoms with Crippen LogP contribution in [0.5, 0.6) is 0 Å². The minimum absolute atomic E-state index is 0.602. The van der Waals surface area contributed by atoms with E-state index in [1.807, 2.05) is 6.92 Å². The Bertz CT molecular complexity index is 254. The molecule has 0 heterocycles. The fourth-order valence-corrected chi connectivity index (χ4v) is 0.891. The summed E-state index contributed by atoms with van der Waals surface area (Å²) in [5, 5.41) is 0. The lowest BCUT2D eigenvalue weighted by Gasteiger charge is -2.16. The molecular formula is C12H17F. The van der Waals surface area contributed by atoms with E-state index < -0.39 is 5.67 Å². The van der Waals surface area contributed by atoms with Crippen LogP contribution in [0.4, 0.5) is 4.39 Å². The van der Waals surface area contributed by atoms with Crippen molar-refractivity contribution in [3.05, 3.63) is 48.6 Å². The molecule has 0 fully saturated rings. The zero-order chi connectivity index (χ0) is 10.5. The van der Waals surface area contributed by atoms with Gasteiger partial charge >= 0.3 is 0 Å². The Hall–Kier alpha value is -1.11. The van der Waals surface area contributed by atoms with Crippen LogP contribution in [0.15, 0.2) is 48.6 Å². The summed E-state index contributed by atoms with van der Waals surface area (Å²) in [6.07, 6.45) is 6.55. The van der Waals surface area contributed by atoms with E-state index in [0.29, 0.717) is 5.57 Å². The summed E-state index contributed by atoms with van der Waals surface area (Å²) in [5.41, 5.74) is 0.0467. The Balaban J connectivity index is 4.75. The van der Waals surface area contributed by atoms with Crippen LogP contribution in [0.2, 0.25) is 0 Å². The SMILES string of the molecule is C=CC(C)(F)C(/C=C\C(=C)C)=C/C. The van der Waals surface area contributed by atoms with Crippen molar-refractivity contribution in [2.24, 2.45) is 0 Å². The van der Waals surface area contributed by atoms with Crippen molar-refractivity contribution < 1.29 is 4.39 Å². The molecule has 13 heavy (non-hydrogen) atoms. The van der Waals surface area contributed by atoms with Gasteiger partial charge in [-0.05, 0) is 26.3 Å². The first kappa shape index (κ1) is 11.9. The molecular weight excluding hydrogens is 163 g/mol. The Morgan fingerprint density at radius 3 is 2.23 bits per heavy atom. The smallest absolute Gasteiger partial charge is 0.150 e. The third kappa shape index (κ3) is 3.88. The number of hydrogen-bond donors (Lipinski definition) is 0. The highest BCUT2D eigenvalue weighted by molar-refractivity contribution is 5.34. The van der Waals surface area contributed by atoms with Crippen molar-refractivity contribution in [2.75, 3.05) is 0 Å². The zero-order valence-corrected chi connectivity index (χ0v) is 8.60. The van der Waals surface area contributed by atoms with Gasteiger partial charge in [0.05, 0.1) is 0 Å². The molecule has 1 unspecified atom stereocenters. The zero-order valence-electron chi connectivity index (χ0n) is 8.60. The summed E-state index contributed by atoms with van der Waals surface area (Å²) in [6, 6.07) is 0. The molecule has 1 atom stereocenters. The van der Waals surface area contributed by atoms with Crippen LogP contribution in [0, 0.1) is 0 Å². The molecule has 0 amide bonds. The standard InChI is InChI=1S/C12H17F/c1-6-11(9-8-10(3)4)12(5,13)7-2/h6-9H,2-3H2,1,4-5H3/b9-8-,11-6+. The van der Waals surface area contributed by atoms with Gasteiger partial charge in [0.15, 0.2) is 5.67 Å². The lowest BCUT2D eigenvalue weighted by atomic mass is 9.97. The molecule has 0 N–H and O–H groups in total. The highest BCUT2D eigenvalue weighted by atomic mass is 19.1. The maximum absolute atomic E-state index is 13.7. The van der Waals surface area contributed by atoms with Crippen LogP contribution in [0.3, 0.4) is 0 Å². The molecule has 0 saturated heterocycles. The fourth-order valence-electron chi connectivity index (χ4n) is 0.891. The van der Waals surface area contributed by atoms with Crippen molar-refractivity contribution in [3.63, 3.8) is 0 Å². The van der Waals surface area contributed by atoms with Crippen LogP contribution in [0.25, 0.3) is 0 Å². The van der Waals surface area contributed by atoms with Crippen molar-refractivity contribution >= 4 is 0 Å². The third-order valence-electron chi connectivity index (χ3n) is 1.81. The average molecular weight is 180 g/mol. The second-order valence-electron chi connectivity index (χ2n) is 3.20. The van der Waals surface area contributed by atoms with Crippen LogP contribution in [-0.4, -0.2) is 5.67 Å². The molecule has 0 aromatic carbocycles. The molecule has 0 rings (SSSR count). The van der Waals surface area contributed by atoms with Gasteiger partial charge in [-0.2, -0.15) is 0 Å². The van der Waals surface area contributed by atoms with Crippen LogP contribution >= 0.6 is 0 Å². The Labute approximate surface area is 80.2 Å². The summed E-state index contributed by atoms with van der Waals surface area (Å²) in [6.45, 7) is 12.3. The fraction of sp³-hybridized carbons (Fsp3) is 0.333. The van der Waals surface area contributed by atoms with Gasteiger partial charge < -0.3 is 0 Å². The number of alkyl halides is 1. The highest BCUT2D eigenvalue weighted by Gasteiger charge is 2.21. The minimum atomic E-state index is -1.46. The second kappa shape index (κ2) is 4.80. The summed E-state index contributed by atoms with van der Waals surface area (Å²) in [4.78, 5) is 0. The molecule has 72 valence electrons. The molecule has 0 aliphatic heterocycles. The molecule has 0 aliphatic carbocycles. The lowest BCUT2D eigenvalue weighted by molar-refractivity contribution is 0.315. The van der Waals surface area contributed by atoms with E-state index >= 15 is 0 Å². The topological polar surface area (TPSA) is 0 Å². The molecule has 0 nitrogen and oxygen atoms in total. The largest absolute Gasteiger partial charge is 0.234 e. The van der Waals surface area contributed by atoms with Crippen LogP contribution < -0.4 is 0 Å². The van der Waals surface area contributed by atoms with Crippen molar-refractivity contribution in [3.8, 4) is 0 Å². The van der Waals surface area contributed by atoms with Crippen molar-refractivity contribution in [1.29, 1.82) is 0 Å². The van der Waals surface area contributed by atoms with Crippen LogP contribution in [-0.2, 0) is 0 Å². The Kier molecular flexibility index (Phi) is 4.39. The van der Waals surface area contributed by atoms with E-state index in [9.17, 15) is 4.39 Å². The monoisotopic (exact) mass is 180 g/mol. The van der Waals surface area contributed by atoms with Gasteiger partial charge in [0.1, 0.15) is 0 Å². The van der Waals surface area contributed by atoms with Gasteiger partial charge in [0.2, 0.25) is 0 Å². The molecule has 0 aromatic heterocycles. The van der Waals surface area contributed by atoms with Crippen molar-refractivity contribution in [1.82, 2.24) is 0 Å². The van der Waals surface area contributed by atoms with E-state index in [-0.39, 0.29) is 0 Å². The van der Waals surface area contributed by atoms with E-state index in [0.717, 1.165) is 5.57 Å². The Morgan fingerprint density at radius 1 is 1.38 bits per heavy atom. The summed E-state index contributed by atoms with van der Waals surface area (Å²) < 4.78 is 13.7. The van der Waals surface area contributed by atoms with Gasteiger partial charge in [-0.1, -0.05) is 43.0 Å². The van der Waals surface area contributed by atoms with Gasteiger partial charge in [-0.25, -0.2) is 4.39 Å². The molecule has 0 spiro atoms. The van der Waals surface area contributed by atoms with Gasteiger partial charge in [0.25, 0.3) is 0 Å². The van der Waals surface area contributed by atoms with Crippen molar-refractivity contribution in [2.45, 2.75) is 26.4 Å². The first-order chi connectivity index (χ1) is 5.94. The maximum Gasteiger partial charge on any atom is 0.150 e. The predicted octanol–water partition coefficient (Wildman–Crippen LogP) is 3.98. The molecule has 0 aromatic rings. The highest BCUT2D eigenvalue weighted by Crippen LogP contribution is 2.23. The lowest BCUT2D eigenvalue weighted by Crippen LogP contribution is -2.15. The Morgan fingerprint density at radius 2 is 1.92 bits per heavy atom. The first-order valence-electron chi connectivity index (χ1n) is 4.27. The summed E-state index contributed by atoms with van der Waals surface area (Å²) in [7, 11) is 0. The normalized spacial score (nSPS) is 17.1. The second-order valence-corrected chi connectivity index (χ2v) is 3.20. The molecule has 1 heteroatoms. The summed E-state index contributed by atoms with van der Waals surface area (Å²) >= 11 is 0. The molecule has 0 saturated carbocycles. The number of halogens is 1. The molecule has 0 radical (unpaired) electrons. The third-order valence-corrected chi connectivity index (χ3v) is 1.81. The van der Waals surface area contributed by atoms with Gasteiger partial charge in [-0.15, -0.1) is 0 Å². The van der Waals surface area contributed by atoms with E-state index in [1.54, 1.807) is 25.2 Å². The molecule has 0 bridgehead atoms. The predicted molar refractivity (Wildman–Crippen MR) is 57.4 cm³/mol. The quantitative estimate of drug-likeness (QED) is 0.453.